The molecule has 184 valence electrons. The van der Waals surface area contributed by atoms with Crippen molar-refractivity contribution in [1.82, 2.24) is 9.21 Å². The number of anilines is 3. The van der Waals surface area contributed by atoms with Gasteiger partial charge in [0.1, 0.15) is 0 Å². The topological polar surface area (TPSA) is 72.3 Å². The Hall–Kier alpha value is -3.01. The third-order valence-corrected chi connectivity index (χ3v) is 7.67. The molecular weight excluding hydrogens is 462 g/mol. The van der Waals surface area contributed by atoms with Crippen LogP contribution in [0.5, 0.6) is 0 Å². The van der Waals surface area contributed by atoms with Gasteiger partial charge in [0.05, 0.1) is 11.1 Å². The van der Waals surface area contributed by atoms with Crippen LogP contribution in [0.25, 0.3) is 11.0 Å². The van der Waals surface area contributed by atoms with Gasteiger partial charge in [0, 0.05) is 69.8 Å². The molecule has 2 saturated heterocycles. The number of likely N-dealkylation sites (N-methyl/N-ethyl adjacent to an activating group) is 1. The molecule has 9 heteroatoms. The van der Waals surface area contributed by atoms with Gasteiger partial charge in [-0.15, -0.1) is 0 Å². The van der Waals surface area contributed by atoms with Crippen LogP contribution in [0, 0.1) is 0 Å². The molecule has 0 saturated carbocycles. The summed E-state index contributed by atoms with van der Waals surface area (Å²) in [5.41, 5.74) is 2.91. The fourth-order valence-corrected chi connectivity index (χ4v) is 5.18. The molecule has 35 heavy (non-hydrogen) atoms. The number of nitrogens with one attached hydrogen (secondary N) is 1. The van der Waals surface area contributed by atoms with Crippen LogP contribution in [-0.2, 0) is 0 Å². The number of benzene rings is 2. The molecule has 0 bridgehead atoms. The van der Waals surface area contributed by atoms with Crippen molar-refractivity contribution in [3.05, 3.63) is 64.5 Å². The molecule has 0 unspecified atom stereocenters. The lowest BCUT2D eigenvalue weighted by Gasteiger charge is -2.34. The van der Waals surface area contributed by atoms with E-state index in [-0.39, 0.29) is 11.2 Å². The molecule has 2 aliphatic heterocycles. The van der Waals surface area contributed by atoms with Crippen molar-refractivity contribution in [2.45, 2.75) is 0 Å². The predicted molar refractivity (Wildman–Crippen MR) is 144 cm³/mol. The molecule has 1 aromatic heterocycles. The van der Waals surface area contributed by atoms with Crippen LogP contribution >= 0.6 is 11.9 Å². The molecule has 5 rings (SSSR count). The van der Waals surface area contributed by atoms with Gasteiger partial charge in [-0.1, -0.05) is 18.0 Å². The maximum Gasteiger partial charge on any atom is 0.291 e. The summed E-state index contributed by atoms with van der Waals surface area (Å²) >= 11 is 1.78. The summed E-state index contributed by atoms with van der Waals surface area (Å²) in [6.45, 7) is 7.55. The number of piperazine rings is 2. The first kappa shape index (κ1) is 23.7. The fraction of sp³-hybridized carbons (Fsp3) is 0.385. The third kappa shape index (κ3) is 5.17. The number of amides is 1. The molecule has 8 nitrogen and oxygen atoms in total. The minimum atomic E-state index is -0.432. The molecule has 1 N–H and O–H groups in total. The lowest BCUT2D eigenvalue weighted by atomic mass is 10.1. The number of hydrogen-bond acceptors (Lipinski definition) is 8. The average molecular weight is 494 g/mol. The van der Waals surface area contributed by atoms with Gasteiger partial charge in [0.25, 0.3) is 5.91 Å². The SMILES string of the molecule is CSN1CCN(c2ccc(NC(=O)c3cc(=O)c4cccc(N5CCN(C)CC5)c4o3)cc2)CC1. The van der Waals surface area contributed by atoms with Gasteiger partial charge < -0.3 is 24.4 Å². The van der Waals surface area contributed by atoms with Crippen LogP contribution in [0.15, 0.2) is 57.7 Å². The van der Waals surface area contributed by atoms with Crippen LogP contribution in [0.3, 0.4) is 0 Å². The quantitative estimate of drug-likeness (QED) is 0.544. The first-order valence-corrected chi connectivity index (χ1v) is 13.2. The zero-order chi connectivity index (χ0) is 24.4. The van der Waals surface area contributed by atoms with E-state index in [9.17, 15) is 9.59 Å². The Morgan fingerprint density at radius 2 is 1.60 bits per heavy atom. The first-order valence-electron chi connectivity index (χ1n) is 12.0. The highest BCUT2D eigenvalue weighted by atomic mass is 32.2. The summed E-state index contributed by atoms with van der Waals surface area (Å²) < 4.78 is 8.40. The second-order valence-corrected chi connectivity index (χ2v) is 9.90. The highest BCUT2D eigenvalue weighted by Crippen LogP contribution is 2.27. The standard InChI is InChI=1S/C26H31N5O3S/c1-28-10-12-30(13-11-28)22-5-3-4-21-23(32)18-24(34-25(21)22)26(33)27-19-6-8-20(9-7-19)29-14-16-31(35-2)17-15-29/h3-9,18H,10-17H2,1-2H3,(H,27,33). The normalized spacial score (nSPS) is 17.7. The van der Waals surface area contributed by atoms with Gasteiger partial charge in [-0.3, -0.25) is 9.59 Å². The van der Waals surface area contributed by atoms with Gasteiger partial charge >= 0.3 is 0 Å². The summed E-state index contributed by atoms with van der Waals surface area (Å²) in [5, 5.41) is 3.37. The van der Waals surface area contributed by atoms with E-state index in [4.69, 9.17) is 4.42 Å². The maximum atomic E-state index is 13.0. The summed E-state index contributed by atoms with van der Waals surface area (Å²) in [5.74, 6) is -0.417. The molecule has 0 aliphatic carbocycles. The van der Waals surface area contributed by atoms with Gasteiger partial charge in [0.15, 0.2) is 16.8 Å². The van der Waals surface area contributed by atoms with Crippen molar-refractivity contribution in [1.29, 1.82) is 0 Å². The van der Waals surface area contributed by atoms with E-state index in [1.807, 2.05) is 36.4 Å². The van der Waals surface area contributed by atoms with E-state index < -0.39 is 5.91 Å². The molecule has 2 fully saturated rings. The molecule has 0 atom stereocenters. The molecule has 2 aliphatic rings. The molecule has 1 amide bonds. The van der Waals surface area contributed by atoms with Gasteiger partial charge in [-0.05, 0) is 49.7 Å². The van der Waals surface area contributed by atoms with E-state index in [1.54, 1.807) is 18.0 Å². The van der Waals surface area contributed by atoms with Crippen LogP contribution < -0.4 is 20.5 Å². The Morgan fingerprint density at radius 3 is 2.29 bits per heavy atom. The second-order valence-electron chi connectivity index (χ2n) is 9.02. The average Bonchev–Trinajstić information content (AvgIpc) is 2.89. The molecular formula is C26H31N5O3S. The summed E-state index contributed by atoms with van der Waals surface area (Å²) in [6, 6.07) is 14.7. The largest absolute Gasteiger partial charge is 0.448 e. The highest BCUT2D eigenvalue weighted by molar-refractivity contribution is 7.96. The van der Waals surface area contributed by atoms with E-state index in [0.717, 1.165) is 63.7 Å². The van der Waals surface area contributed by atoms with Gasteiger partial charge in [-0.25, -0.2) is 4.31 Å². The molecule has 2 aromatic carbocycles. The van der Waals surface area contributed by atoms with Crippen LogP contribution in [0.4, 0.5) is 17.1 Å². The Labute approximate surface area is 209 Å². The van der Waals surface area contributed by atoms with Crippen molar-refractivity contribution in [2.75, 3.05) is 80.8 Å². The van der Waals surface area contributed by atoms with E-state index in [2.05, 4.69) is 37.6 Å². The van der Waals surface area contributed by atoms with E-state index >= 15 is 0 Å². The smallest absolute Gasteiger partial charge is 0.291 e. The number of rotatable bonds is 5. The van der Waals surface area contributed by atoms with Gasteiger partial charge in [0.2, 0.25) is 0 Å². The van der Waals surface area contributed by atoms with Crippen molar-refractivity contribution in [3.8, 4) is 0 Å². The minimum absolute atomic E-state index is 0.0151. The predicted octanol–water partition coefficient (Wildman–Crippen LogP) is 3.20. The minimum Gasteiger partial charge on any atom is -0.448 e. The molecule has 0 spiro atoms. The van der Waals surface area contributed by atoms with Crippen molar-refractivity contribution < 1.29 is 9.21 Å². The number of carbonyl (C=O) groups is 1. The zero-order valence-electron chi connectivity index (χ0n) is 20.2. The van der Waals surface area contributed by atoms with Crippen LogP contribution in [0.1, 0.15) is 10.6 Å². The zero-order valence-corrected chi connectivity index (χ0v) is 21.0. The molecule has 0 radical (unpaired) electrons. The Balaban J connectivity index is 1.33. The third-order valence-electron chi connectivity index (χ3n) is 6.79. The highest BCUT2D eigenvalue weighted by Gasteiger charge is 2.21. The first-order chi connectivity index (χ1) is 17.0. The number of fused-ring (bicyclic) bond motifs is 1. The number of carbonyl (C=O) groups excluding carboxylic acids is 1. The second kappa shape index (κ2) is 10.3. The van der Waals surface area contributed by atoms with E-state index in [1.165, 1.54) is 6.07 Å². The van der Waals surface area contributed by atoms with Crippen molar-refractivity contribution in [3.63, 3.8) is 0 Å². The summed E-state index contributed by atoms with van der Waals surface area (Å²) in [4.78, 5) is 32.7. The Kier molecular flexibility index (Phi) is 6.99. The molecule has 3 aromatic rings. The lowest BCUT2D eigenvalue weighted by Crippen LogP contribution is -2.44. The van der Waals surface area contributed by atoms with Crippen molar-refractivity contribution in [2.24, 2.45) is 0 Å². The van der Waals surface area contributed by atoms with E-state index in [0.29, 0.717) is 16.7 Å². The monoisotopic (exact) mass is 493 g/mol. The lowest BCUT2D eigenvalue weighted by molar-refractivity contribution is 0.0997. The Morgan fingerprint density at radius 1 is 0.914 bits per heavy atom. The number of nitrogens with zero attached hydrogens (tertiary/aromatic N) is 4. The van der Waals surface area contributed by atoms with Crippen molar-refractivity contribution >= 4 is 45.9 Å². The maximum absolute atomic E-state index is 13.0. The number of para-hydroxylation sites is 1. The summed E-state index contributed by atoms with van der Waals surface area (Å²) in [7, 11) is 2.10. The van der Waals surface area contributed by atoms with Crippen LogP contribution in [0.2, 0.25) is 0 Å². The number of hydrogen-bond donors (Lipinski definition) is 1. The fourth-order valence-electron chi connectivity index (χ4n) is 4.65. The summed E-state index contributed by atoms with van der Waals surface area (Å²) in [6.07, 6.45) is 2.11. The molecule has 3 heterocycles. The van der Waals surface area contributed by atoms with Crippen LogP contribution in [-0.4, -0.2) is 80.8 Å². The van der Waals surface area contributed by atoms with Gasteiger partial charge in [-0.2, -0.15) is 0 Å². The Bertz CT molecular complexity index is 1250.